The molecule has 15 heavy (non-hydrogen) atoms. The van der Waals surface area contributed by atoms with Crippen molar-refractivity contribution < 1.29 is 0 Å². The molecule has 0 aliphatic heterocycles. The van der Waals surface area contributed by atoms with Crippen LogP contribution in [-0.4, -0.2) is 10.9 Å². The predicted octanol–water partition coefficient (Wildman–Crippen LogP) is 0.835. The van der Waals surface area contributed by atoms with E-state index in [-0.39, 0.29) is 5.96 Å². The monoisotopic (exact) mass is 201 g/mol. The number of hydrazone groups is 1. The van der Waals surface area contributed by atoms with Gasteiger partial charge in [-0.05, 0) is 18.2 Å². The summed E-state index contributed by atoms with van der Waals surface area (Å²) < 4.78 is 0. The summed E-state index contributed by atoms with van der Waals surface area (Å²) in [7, 11) is 0. The molecule has 0 aliphatic rings. The van der Waals surface area contributed by atoms with Gasteiger partial charge in [0.1, 0.15) is 5.82 Å². The lowest BCUT2D eigenvalue weighted by molar-refractivity contribution is 1.23. The fraction of sp³-hybridized carbons (Fsp3) is 0. The molecule has 0 bridgehead atoms. The molecule has 0 spiro atoms. The molecule has 2 rings (SSSR count). The molecule has 5 N–H and O–H groups in total. The third kappa shape index (κ3) is 2.14. The van der Waals surface area contributed by atoms with Crippen LogP contribution in [0.25, 0.3) is 10.9 Å². The van der Waals surface area contributed by atoms with Crippen molar-refractivity contribution in [1.82, 2.24) is 4.98 Å². The van der Waals surface area contributed by atoms with E-state index in [1.165, 1.54) is 0 Å². The summed E-state index contributed by atoms with van der Waals surface area (Å²) in [5.41, 5.74) is 13.9. The standard InChI is InChI=1S/C10H11N5/c11-10(12)15-14-9-6-5-7-3-1-2-4-8(7)13-9/h1-6H,(H,13,14)(H4,11,12,15). The summed E-state index contributed by atoms with van der Waals surface area (Å²) in [5.74, 6) is 0.590. The van der Waals surface area contributed by atoms with E-state index in [1.54, 1.807) is 0 Å². The SMILES string of the molecule is NC(N)=NNc1ccc2ccccc2n1. The first kappa shape index (κ1) is 9.26. The van der Waals surface area contributed by atoms with Crippen LogP contribution in [0.3, 0.4) is 0 Å². The number of aromatic nitrogens is 1. The van der Waals surface area contributed by atoms with Gasteiger partial charge in [-0.1, -0.05) is 18.2 Å². The third-order valence-corrected chi connectivity index (χ3v) is 1.90. The lowest BCUT2D eigenvalue weighted by atomic mass is 10.2. The molecule has 0 radical (unpaired) electrons. The molecule has 0 saturated carbocycles. The molecule has 0 saturated heterocycles. The topological polar surface area (TPSA) is 89.3 Å². The molecule has 1 heterocycles. The normalized spacial score (nSPS) is 9.87. The summed E-state index contributed by atoms with van der Waals surface area (Å²) in [6.45, 7) is 0. The molecule has 76 valence electrons. The number of anilines is 1. The van der Waals surface area contributed by atoms with E-state index in [2.05, 4.69) is 15.5 Å². The maximum absolute atomic E-state index is 5.19. The molecule has 5 nitrogen and oxygen atoms in total. The molecule has 0 atom stereocenters. The maximum Gasteiger partial charge on any atom is 0.208 e. The van der Waals surface area contributed by atoms with Crippen LogP contribution in [0.4, 0.5) is 5.82 Å². The van der Waals surface area contributed by atoms with E-state index in [9.17, 15) is 0 Å². The first-order valence-corrected chi connectivity index (χ1v) is 4.46. The number of fused-ring (bicyclic) bond motifs is 1. The number of guanidine groups is 1. The molecule has 1 aromatic carbocycles. The van der Waals surface area contributed by atoms with Crippen molar-refractivity contribution in [3.8, 4) is 0 Å². The van der Waals surface area contributed by atoms with E-state index in [0.29, 0.717) is 5.82 Å². The highest BCUT2D eigenvalue weighted by atomic mass is 15.3. The molecule has 0 fully saturated rings. The molecular weight excluding hydrogens is 190 g/mol. The minimum Gasteiger partial charge on any atom is -0.369 e. The second kappa shape index (κ2) is 3.83. The average molecular weight is 201 g/mol. The van der Waals surface area contributed by atoms with Gasteiger partial charge in [0.05, 0.1) is 5.52 Å². The summed E-state index contributed by atoms with van der Waals surface area (Å²) >= 11 is 0. The second-order valence-electron chi connectivity index (χ2n) is 3.04. The predicted molar refractivity (Wildman–Crippen MR) is 61.2 cm³/mol. The van der Waals surface area contributed by atoms with Crippen LogP contribution < -0.4 is 16.9 Å². The number of benzene rings is 1. The van der Waals surface area contributed by atoms with E-state index in [0.717, 1.165) is 10.9 Å². The fourth-order valence-electron chi connectivity index (χ4n) is 1.25. The van der Waals surface area contributed by atoms with Gasteiger partial charge in [-0.15, -0.1) is 5.10 Å². The lowest BCUT2D eigenvalue weighted by Crippen LogP contribution is -2.24. The Morgan fingerprint density at radius 3 is 2.73 bits per heavy atom. The van der Waals surface area contributed by atoms with E-state index >= 15 is 0 Å². The summed E-state index contributed by atoms with van der Waals surface area (Å²) in [4.78, 5) is 4.32. The first-order chi connectivity index (χ1) is 7.25. The van der Waals surface area contributed by atoms with Crippen LogP contribution in [0.2, 0.25) is 0 Å². The van der Waals surface area contributed by atoms with Gasteiger partial charge in [0.2, 0.25) is 5.96 Å². The van der Waals surface area contributed by atoms with Crippen molar-refractivity contribution in [2.45, 2.75) is 0 Å². The summed E-state index contributed by atoms with van der Waals surface area (Å²) in [5, 5.41) is 4.74. The zero-order valence-corrected chi connectivity index (χ0v) is 8.01. The van der Waals surface area contributed by atoms with Crippen molar-refractivity contribution in [2.75, 3.05) is 5.43 Å². The lowest BCUT2D eigenvalue weighted by Gasteiger charge is -2.01. The number of nitrogens with one attached hydrogen (secondary N) is 1. The van der Waals surface area contributed by atoms with Crippen molar-refractivity contribution in [1.29, 1.82) is 0 Å². The Kier molecular flexibility index (Phi) is 2.37. The van der Waals surface area contributed by atoms with Gasteiger partial charge in [-0.3, -0.25) is 5.43 Å². The maximum atomic E-state index is 5.19. The Labute approximate surface area is 86.8 Å². The van der Waals surface area contributed by atoms with Gasteiger partial charge in [0, 0.05) is 5.39 Å². The second-order valence-corrected chi connectivity index (χ2v) is 3.04. The van der Waals surface area contributed by atoms with Crippen LogP contribution >= 0.6 is 0 Å². The Hall–Kier alpha value is -2.30. The van der Waals surface area contributed by atoms with Crippen LogP contribution in [0, 0.1) is 0 Å². The van der Waals surface area contributed by atoms with Crippen molar-refractivity contribution in [3.63, 3.8) is 0 Å². The zero-order valence-electron chi connectivity index (χ0n) is 8.01. The quantitative estimate of drug-likeness (QED) is 0.381. The number of hydrogen-bond donors (Lipinski definition) is 3. The number of para-hydroxylation sites is 1. The molecule has 0 amide bonds. The largest absolute Gasteiger partial charge is 0.369 e. The van der Waals surface area contributed by atoms with Gasteiger partial charge in [0.25, 0.3) is 0 Å². The van der Waals surface area contributed by atoms with Gasteiger partial charge in [0.15, 0.2) is 0 Å². The smallest absolute Gasteiger partial charge is 0.208 e. The average Bonchev–Trinajstić information content (AvgIpc) is 2.26. The van der Waals surface area contributed by atoms with Gasteiger partial charge < -0.3 is 11.5 Å². The van der Waals surface area contributed by atoms with E-state index < -0.39 is 0 Å². The minimum absolute atomic E-state index is 0.0232. The summed E-state index contributed by atoms with van der Waals surface area (Å²) in [6, 6.07) is 11.6. The number of pyridine rings is 1. The van der Waals surface area contributed by atoms with Crippen LogP contribution in [0.5, 0.6) is 0 Å². The summed E-state index contributed by atoms with van der Waals surface area (Å²) in [6.07, 6.45) is 0. The molecule has 0 unspecified atom stereocenters. The number of hydrogen-bond acceptors (Lipinski definition) is 3. The Balaban J connectivity index is 2.34. The highest BCUT2D eigenvalue weighted by molar-refractivity contribution is 5.80. The number of rotatable bonds is 2. The van der Waals surface area contributed by atoms with Gasteiger partial charge >= 0.3 is 0 Å². The molecule has 2 aromatic rings. The van der Waals surface area contributed by atoms with Crippen LogP contribution in [-0.2, 0) is 0 Å². The number of nitrogens with two attached hydrogens (primary N) is 2. The van der Waals surface area contributed by atoms with E-state index in [4.69, 9.17) is 11.5 Å². The van der Waals surface area contributed by atoms with Crippen molar-refractivity contribution >= 4 is 22.7 Å². The minimum atomic E-state index is -0.0232. The first-order valence-electron chi connectivity index (χ1n) is 4.46. The third-order valence-electron chi connectivity index (χ3n) is 1.90. The van der Waals surface area contributed by atoms with Crippen molar-refractivity contribution in [2.24, 2.45) is 16.6 Å². The molecule has 5 heteroatoms. The Bertz CT molecular complexity index is 502. The Morgan fingerprint density at radius 1 is 1.13 bits per heavy atom. The molecule has 0 aliphatic carbocycles. The number of nitrogens with zero attached hydrogens (tertiary/aromatic N) is 2. The zero-order chi connectivity index (χ0) is 10.7. The fourth-order valence-corrected chi connectivity index (χ4v) is 1.25. The Morgan fingerprint density at radius 2 is 1.93 bits per heavy atom. The van der Waals surface area contributed by atoms with Crippen LogP contribution in [0.1, 0.15) is 0 Å². The highest BCUT2D eigenvalue weighted by Crippen LogP contribution is 2.14. The molecule has 1 aromatic heterocycles. The van der Waals surface area contributed by atoms with Crippen LogP contribution in [0.15, 0.2) is 41.5 Å². The highest BCUT2D eigenvalue weighted by Gasteiger charge is 1.95. The van der Waals surface area contributed by atoms with E-state index in [1.807, 2.05) is 36.4 Å². The molecular formula is C10H11N5. The van der Waals surface area contributed by atoms with Crippen molar-refractivity contribution in [3.05, 3.63) is 36.4 Å². The van der Waals surface area contributed by atoms with Gasteiger partial charge in [-0.25, -0.2) is 4.98 Å². The van der Waals surface area contributed by atoms with Gasteiger partial charge in [-0.2, -0.15) is 0 Å².